The molecule has 1 aliphatic heterocycles. The first-order valence-corrected chi connectivity index (χ1v) is 12.3. The first-order chi connectivity index (χ1) is 17.5. The van der Waals surface area contributed by atoms with E-state index in [0.717, 1.165) is 45.0 Å². The highest BCUT2D eigenvalue weighted by molar-refractivity contribution is 5.95. The number of aromatic nitrogens is 3. The molecule has 1 N–H and O–H groups in total. The van der Waals surface area contributed by atoms with Gasteiger partial charge in [-0.1, -0.05) is 36.4 Å². The van der Waals surface area contributed by atoms with E-state index in [9.17, 15) is 13.6 Å². The standard InChI is InChI=1S/C28H29F2N5O/c1-19-23(17-32-26-16-25(33-35(19)26)22-8-5-9-24(29)27(22)30)28(36)31-13-10-20-11-14-34(15-12-20)18-21-6-3-2-4-7-21/h2-9,16-17,20H,10-15,18H2,1H3,(H,31,36). The van der Waals surface area contributed by atoms with Crippen LogP contribution < -0.4 is 5.32 Å². The molecule has 0 unspecified atom stereocenters. The molecular weight excluding hydrogens is 460 g/mol. The van der Waals surface area contributed by atoms with Crippen molar-refractivity contribution in [2.75, 3.05) is 19.6 Å². The summed E-state index contributed by atoms with van der Waals surface area (Å²) in [5.41, 5.74) is 3.13. The molecule has 0 spiro atoms. The lowest BCUT2D eigenvalue weighted by atomic mass is 9.93. The van der Waals surface area contributed by atoms with E-state index in [-0.39, 0.29) is 17.2 Å². The molecule has 0 atom stereocenters. The number of carbonyl (C=O) groups is 1. The van der Waals surface area contributed by atoms with E-state index < -0.39 is 11.6 Å². The minimum absolute atomic E-state index is 0.0562. The minimum atomic E-state index is -0.956. The number of aryl methyl sites for hydroxylation is 1. The van der Waals surface area contributed by atoms with Crippen molar-refractivity contribution in [1.82, 2.24) is 24.8 Å². The normalized spacial score (nSPS) is 14.9. The molecule has 2 aromatic heterocycles. The summed E-state index contributed by atoms with van der Waals surface area (Å²) in [6, 6.07) is 16.1. The summed E-state index contributed by atoms with van der Waals surface area (Å²) in [6.45, 7) is 5.49. The van der Waals surface area contributed by atoms with Gasteiger partial charge in [0.2, 0.25) is 0 Å². The highest BCUT2D eigenvalue weighted by atomic mass is 19.2. The van der Waals surface area contributed by atoms with E-state index in [1.807, 2.05) is 6.07 Å². The highest BCUT2D eigenvalue weighted by Crippen LogP contribution is 2.25. The Labute approximate surface area is 209 Å². The van der Waals surface area contributed by atoms with Gasteiger partial charge in [-0.3, -0.25) is 9.69 Å². The molecule has 4 aromatic rings. The third kappa shape index (κ3) is 5.14. The van der Waals surface area contributed by atoms with Gasteiger partial charge in [0.05, 0.1) is 17.0 Å². The monoisotopic (exact) mass is 489 g/mol. The molecule has 0 aliphatic carbocycles. The Morgan fingerprint density at radius 3 is 2.64 bits per heavy atom. The van der Waals surface area contributed by atoms with E-state index in [2.05, 4.69) is 44.6 Å². The number of halogens is 2. The maximum Gasteiger partial charge on any atom is 0.254 e. The number of fused-ring (bicyclic) bond motifs is 1. The van der Waals surface area contributed by atoms with Crippen LogP contribution in [0.2, 0.25) is 0 Å². The first kappa shape index (κ1) is 24.1. The molecule has 8 heteroatoms. The van der Waals surface area contributed by atoms with Gasteiger partial charge in [-0.25, -0.2) is 18.3 Å². The van der Waals surface area contributed by atoms with E-state index >= 15 is 0 Å². The minimum Gasteiger partial charge on any atom is -0.352 e. The van der Waals surface area contributed by atoms with Crippen LogP contribution in [0, 0.1) is 24.5 Å². The van der Waals surface area contributed by atoms with Gasteiger partial charge in [-0.2, -0.15) is 5.10 Å². The second-order valence-corrected chi connectivity index (χ2v) is 9.41. The molecule has 0 saturated carbocycles. The molecule has 0 bridgehead atoms. The fourth-order valence-electron chi connectivity index (χ4n) is 4.86. The fourth-order valence-corrected chi connectivity index (χ4v) is 4.86. The predicted octanol–water partition coefficient (Wildman–Crippen LogP) is 5.02. The summed E-state index contributed by atoms with van der Waals surface area (Å²) < 4.78 is 29.4. The summed E-state index contributed by atoms with van der Waals surface area (Å²) in [4.78, 5) is 19.7. The number of piperidine rings is 1. The van der Waals surface area contributed by atoms with Gasteiger partial charge >= 0.3 is 0 Å². The third-order valence-corrected chi connectivity index (χ3v) is 6.99. The van der Waals surface area contributed by atoms with Crippen LogP contribution in [0.15, 0.2) is 60.8 Å². The van der Waals surface area contributed by atoms with Crippen molar-refractivity contribution in [3.05, 3.63) is 89.2 Å². The van der Waals surface area contributed by atoms with Crippen LogP contribution in [0.3, 0.4) is 0 Å². The van der Waals surface area contributed by atoms with Crippen molar-refractivity contribution in [1.29, 1.82) is 0 Å². The Morgan fingerprint density at radius 1 is 1.08 bits per heavy atom. The quantitative estimate of drug-likeness (QED) is 0.396. The predicted molar refractivity (Wildman–Crippen MR) is 134 cm³/mol. The molecule has 1 aliphatic rings. The van der Waals surface area contributed by atoms with Crippen LogP contribution >= 0.6 is 0 Å². The average Bonchev–Trinajstić information content (AvgIpc) is 3.33. The van der Waals surface area contributed by atoms with Gasteiger partial charge in [-0.05, 0) is 62.9 Å². The van der Waals surface area contributed by atoms with Crippen LogP contribution in [0.1, 0.15) is 40.9 Å². The Morgan fingerprint density at radius 2 is 1.86 bits per heavy atom. The largest absolute Gasteiger partial charge is 0.352 e. The van der Waals surface area contributed by atoms with Crippen molar-refractivity contribution in [3.8, 4) is 11.3 Å². The molecule has 2 aromatic carbocycles. The molecule has 6 nitrogen and oxygen atoms in total. The Kier molecular flexibility index (Phi) is 7.04. The summed E-state index contributed by atoms with van der Waals surface area (Å²) in [6.07, 6.45) is 4.70. The lowest BCUT2D eigenvalue weighted by Gasteiger charge is -2.32. The van der Waals surface area contributed by atoms with Crippen molar-refractivity contribution >= 4 is 11.6 Å². The molecule has 36 heavy (non-hydrogen) atoms. The molecule has 1 fully saturated rings. The van der Waals surface area contributed by atoms with Crippen molar-refractivity contribution < 1.29 is 13.6 Å². The van der Waals surface area contributed by atoms with E-state index in [4.69, 9.17) is 0 Å². The summed E-state index contributed by atoms with van der Waals surface area (Å²) >= 11 is 0. The average molecular weight is 490 g/mol. The van der Waals surface area contributed by atoms with Crippen molar-refractivity contribution in [2.45, 2.75) is 32.7 Å². The zero-order chi connectivity index (χ0) is 25.1. The van der Waals surface area contributed by atoms with Crippen LogP contribution in [-0.4, -0.2) is 45.0 Å². The summed E-state index contributed by atoms with van der Waals surface area (Å²) in [7, 11) is 0. The van der Waals surface area contributed by atoms with Gasteiger partial charge in [-0.15, -0.1) is 0 Å². The SMILES string of the molecule is Cc1c(C(=O)NCCC2CCN(Cc3ccccc3)CC2)cnc2cc(-c3cccc(F)c3F)nn12. The van der Waals surface area contributed by atoms with Crippen molar-refractivity contribution in [3.63, 3.8) is 0 Å². The number of benzene rings is 2. The van der Waals surface area contributed by atoms with Crippen molar-refractivity contribution in [2.24, 2.45) is 5.92 Å². The molecule has 0 radical (unpaired) electrons. The Bertz CT molecular complexity index is 1360. The Balaban J connectivity index is 1.17. The number of nitrogens with zero attached hydrogens (tertiary/aromatic N) is 4. The van der Waals surface area contributed by atoms with E-state index in [1.165, 1.54) is 28.4 Å². The van der Waals surface area contributed by atoms with Crippen LogP contribution in [0.5, 0.6) is 0 Å². The van der Waals surface area contributed by atoms with E-state index in [0.29, 0.717) is 29.4 Å². The fraction of sp³-hybridized carbons (Fsp3) is 0.321. The van der Waals surface area contributed by atoms with E-state index in [1.54, 1.807) is 13.0 Å². The van der Waals surface area contributed by atoms with Gasteiger partial charge < -0.3 is 5.32 Å². The number of carbonyl (C=O) groups excluding carboxylic acids is 1. The highest BCUT2D eigenvalue weighted by Gasteiger charge is 2.21. The zero-order valence-electron chi connectivity index (χ0n) is 20.3. The first-order valence-electron chi connectivity index (χ1n) is 12.3. The maximum atomic E-state index is 14.2. The topological polar surface area (TPSA) is 62.5 Å². The lowest BCUT2D eigenvalue weighted by molar-refractivity contribution is 0.0946. The second kappa shape index (κ2) is 10.5. The molecule has 1 saturated heterocycles. The second-order valence-electron chi connectivity index (χ2n) is 9.41. The molecule has 1 amide bonds. The Hall–Kier alpha value is -3.65. The summed E-state index contributed by atoms with van der Waals surface area (Å²) in [5.74, 6) is -1.51. The number of hydrogen-bond donors (Lipinski definition) is 1. The molecular formula is C28H29F2N5O. The molecule has 186 valence electrons. The number of hydrogen-bond acceptors (Lipinski definition) is 4. The number of likely N-dealkylation sites (tertiary alicyclic amines) is 1. The van der Waals surface area contributed by atoms with Gasteiger partial charge in [0, 0.05) is 30.9 Å². The zero-order valence-corrected chi connectivity index (χ0v) is 20.3. The number of amides is 1. The van der Waals surface area contributed by atoms with Crippen LogP contribution in [0.25, 0.3) is 16.9 Å². The van der Waals surface area contributed by atoms with Crippen LogP contribution in [0.4, 0.5) is 8.78 Å². The third-order valence-electron chi connectivity index (χ3n) is 6.99. The molecule has 5 rings (SSSR count). The van der Waals surface area contributed by atoms with Gasteiger partial charge in [0.15, 0.2) is 17.3 Å². The number of rotatable bonds is 7. The maximum absolute atomic E-state index is 14.2. The van der Waals surface area contributed by atoms with Crippen LogP contribution in [-0.2, 0) is 6.54 Å². The van der Waals surface area contributed by atoms with Gasteiger partial charge in [0.25, 0.3) is 5.91 Å². The number of nitrogens with one attached hydrogen (secondary N) is 1. The van der Waals surface area contributed by atoms with Gasteiger partial charge in [0.1, 0.15) is 0 Å². The lowest BCUT2D eigenvalue weighted by Crippen LogP contribution is -2.35. The smallest absolute Gasteiger partial charge is 0.254 e. The summed E-state index contributed by atoms with van der Waals surface area (Å²) in [5, 5.41) is 7.40. The molecule has 3 heterocycles.